The van der Waals surface area contributed by atoms with Gasteiger partial charge in [-0.25, -0.2) is 9.97 Å². The summed E-state index contributed by atoms with van der Waals surface area (Å²) in [6, 6.07) is 15.3. The number of hydrogen-bond donors (Lipinski definition) is 2. The van der Waals surface area contributed by atoms with Gasteiger partial charge >= 0.3 is 6.18 Å². The molecule has 36 heavy (non-hydrogen) atoms. The molecule has 1 amide bonds. The molecule has 0 atom stereocenters. The lowest BCUT2D eigenvalue weighted by Gasteiger charge is -2.12. The van der Waals surface area contributed by atoms with Crippen LogP contribution >= 0.6 is 0 Å². The summed E-state index contributed by atoms with van der Waals surface area (Å²) in [4.78, 5) is 29.4. The van der Waals surface area contributed by atoms with Gasteiger partial charge in [0.25, 0.3) is 5.91 Å². The molecule has 180 valence electrons. The van der Waals surface area contributed by atoms with Gasteiger partial charge in [-0.1, -0.05) is 12.1 Å². The molecule has 0 bridgehead atoms. The van der Waals surface area contributed by atoms with Crippen molar-refractivity contribution in [1.29, 1.82) is 0 Å². The molecule has 2 aromatic carbocycles. The summed E-state index contributed by atoms with van der Waals surface area (Å²) in [5.74, 6) is -0.0285. The fourth-order valence-corrected chi connectivity index (χ4v) is 3.94. The van der Waals surface area contributed by atoms with Crippen molar-refractivity contribution in [2.45, 2.75) is 19.5 Å². The molecular formula is C27H20F3N5O. The molecule has 0 radical (unpaired) electrons. The topological polar surface area (TPSA) is 83.6 Å². The summed E-state index contributed by atoms with van der Waals surface area (Å²) in [7, 11) is 0. The number of fused-ring (bicyclic) bond motifs is 1. The Kier molecular flexibility index (Phi) is 5.97. The Balaban J connectivity index is 1.43. The van der Waals surface area contributed by atoms with Crippen molar-refractivity contribution in [2.24, 2.45) is 0 Å². The second-order valence-electron chi connectivity index (χ2n) is 8.31. The number of aromatic amines is 1. The van der Waals surface area contributed by atoms with Crippen LogP contribution in [0.2, 0.25) is 0 Å². The van der Waals surface area contributed by atoms with Crippen molar-refractivity contribution >= 4 is 22.6 Å². The van der Waals surface area contributed by atoms with Gasteiger partial charge in [0.05, 0.1) is 22.3 Å². The summed E-state index contributed by atoms with van der Waals surface area (Å²) in [5, 5.41) is 2.69. The van der Waals surface area contributed by atoms with E-state index in [2.05, 4.69) is 20.3 Å². The van der Waals surface area contributed by atoms with Crippen LogP contribution in [0.3, 0.4) is 0 Å². The Labute approximate surface area is 204 Å². The minimum Gasteiger partial charge on any atom is -0.358 e. The second kappa shape index (κ2) is 9.26. The van der Waals surface area contributed by atoms with Crippen molar-refractivity contribution < 1.29 is 18.0 Å². The molecule has 3 aromatic heterocycles. The van der Waals surface area contributed by atoms with E-state index in [-0.39, 0.29) is 5.56 Å². The van der Waals surface area contributed by atoms with Crippen LogP contribution in [0, 0.1) is 6.92 Å². The zero-order chi connectivity index (χ0) is 25.3. The van der Waals surface area contributed by atoms with Gasteiger partial charge in [0.1, 0.15) is 5.82 Å². The zero-order valence-corrected chi connectivity index (χ0v) is 19.1. The Morgan fingerprint density at radius 1 is 1.00 bits per heavy atom. The Bertz CT molecular complexity index is 1560. The average Bonchev–Trinajstić information content (AvgIpc) is 3.34. The molecule has 0 spiro atoms. The predicted octanol–water partition coefficient (Wildman–Crippen LogP) is 6.19. The summed E-state index contributed by atoms with van der Waals surface area (Å²) in [5.41, 5.74) is 4.63. The maximum atomic E-state index is 13.0. The molecule has 0 fully saturated rings. The normalized spacial score (nSPS) is 11.6. The first-order valence-corrected chi connectivity index (χ1v) is 11.1. The number of pyridine rings is 1. The minimum absolute atomic E-state index is 0.0739. The van der Waals surface area contributed by atoms with E-state index < -0.39 is 17.6 Å². The largest absolute Gasteiger partial charge is 0.416 e. The lowest BCUT2D eigenvalue weighted by molar-refractivity contribution is -0.137. The predicted molar refractivity (Wildman–Crippen MR) is 131 cm³/mol. The summed E-state index contributed by atoms with van der Waals surface area (Å²) >= 11 is 0. The van der Waals surface area contributed by atoms with E-state index in [9.17, 15) is 18.0 Å². The van der Waals surface area contributed by atoms with Crippen LogP contribution in [0.5, 0.6) is 0 Å². The van der Waals surface area contributed by atoms with E-state index in [1.165, 1.54) is 12.1 Å². The van der Waals surface area contributed by atoms with Crippen LogP contribution in [0.1, 0.15) is 32.9 Å². The molecular weight excluding hydrogens is 467 g/mol. The first-order chi connectivity index (χ1) is 17.3. The number of anilines is 1. The van der Waals surface area contributed by atoms with Gasteiger partial charge in [0, 0.05) is 41.8 Å². The lowest BCUT2D eigenvalue weighted by Crippen LogP contribution is -2.14. The molecule has 5 aromatic rings. The number of carbonyl (C=O) groups is 1. The van der Waals surface area contributed by atoms with Gasteiger partial charge < -0.3 is 10.3 Å². The van der Waals surface area contributed by atoms with Crippen LogP contribution in [0.4, 0.5) is 18.9 Å². The van der Waals surface area contributed by atoms with E-state index in [0.29, 0.717) is 17.9 Å². The highest BCUT2D eigenvalue weighted by Gasteiger charge is 2.30. The van der Waals surface area contributed by atoms with Gasteiger partial charge in [-0.05, 0) is 66.6 Å². The SMILES string of the molecule is Cc1ccc(NC(=O)c2cccc(C(F)(F)F)c2)cc1Cc1nc(-c2ccncc2)c2[nH]ccc2n1. The molecule has 0 aliphatic rings. The molecule has 0 saturated carbocycles. The molecule has 3 heterocycles. The number of halogens is 3. The fraction of sp³-hybridized carbons (Fsp3) is 0.111. The molecule has 6 nitrogen and oxygen atoms in total. The van der Waals surface area contributed by atoms with Gasteiger partial charge in [0.15, 0.2) is 0 Å². The number of aryl methyl sites for hydroxylation is 1. The summed E-state index contributed by atoms with van der Waals surface area (Å²) in [6.07, 6.45) is 1.09. The van der Waals surface area contributed by atoms with Crippen molar-refractivity contribution in [1.82, 2.24) is 19.9 Å². The maximum Gasteiger partial charge on any atom is 0.416 e. The molecule has 2 N–H and O–H groups in total. The summed E-state index contributed by atoms with van der Waals surface area (Å²) < 4.78 is 39.1. The number of nitrogens with one attached hydrogen (secondary N) is 2. The van der Waals surface area contributed by atoms with Crippen molar-refractivity contribution in [3.63, 3.8) is 0 Å². The highest BCUT2D eigenvalue weighted by molar-refractivity contribution is 6.04. The Hall–Kier alpha value is -4.53. The molecule has 0 saturated heterocycles. The standard InChI is InChI=1S/C27H20F3N5O/c1-16-5-6-21(33-26(36)18-3-2-4-20(13-18)27(28,29)30)14-19(16)15-23-34-22-9-12-32-25(22)24(35-23)17-7-10-31-11-8-17/h2-14,32H,15H2,1H3,(H,33,36). The van der Waals surface area contributed by atoms with Crippen LogP contribution in [-0.4, -0.2) is 25.8 Å². The zero-order valence-electron chi connectivity index (χ0n) is 19.1. The first kappa shape index (κ1) is 23.2. The number of aromatic nitrogens is 4. The van der Waals surface area contributed by atoms with E-state index in [4.69, 9.17) is 4.98 Å². The van der Waals surface area contributed by atoms with Crippen LogP contribution < -0.4 is 5.32 Å². The summed E-state index contributed by atoms with van der Waals surface area (Å²) in [6.45, 7) is 1.94. The number of amides is 1. The average molecular weight is 487 g/mol. The number of nitrogens with zero attached hydrogens (tertiary/aromatic N) is 3. The Morgan fingerprint density at radius 3 is 2.58 bits per heavy atom. The molecule has 5 rings (SSSR count). The van der Waals surface area contributed by atoms with Crippen LogP contribution in [0.15, 0.2) is 79.3 Å². The molecule has 0 aliphatic heterocycles. The van der Waals surface area contributed by atoms with E-state index in [1.807, 2.05) is 37.4 Å². The van der Waals surface area contributed by atoms with Gasteiger partial charge in [0.2, 0.25) is 0 Å². The highest BCUT2D eigenvalue weighted by atomic mass is 19.4. The number of carbonyl (C=O) groups excluding carboxylic acids is 1. The van der Waals surface area contributed by atoms with E-state index in [0.717, 1.165) is 45.6 Å². The number of hydrogen-bond acceptors (Lipinski definition) is 4. The third kappa shape index (κ3) is 4.81. The third-order valence-corrected chi connectivity index (χ3v) is 5.81. The van der Waals surface area contributed by atoms with Crippen molar-refractivity contribution in [2.75, 3.05) is 5.32 Å². The first-order valence-electron chi connectivity index (χ1n) is 11.1. The highest BCUT2D eigenvalue weighted by Crippen LogP contribution is 2.30. The smallest absolute Gasteiger partial charge is 0.358 e. The second-order valence-corrected chi connectivity index (χ2v) is 8.31. The number of rotatable bonds is 5. The minimum atomic E-state index is -4.52. The third-order valence-electron chi connectivity index (χ3n) is 5.81. The van der Waals surface area contributed by atoms with Crippen LogP contribution in [-0.2, 0) is 12.6 Å². The van der Waals surface area contributed by atoms with Crippen molar-refractivity contribution in [3.8, 4) is 11.3 Å². The fourth-order valence-electron chi connectivity index (χ4n) is 3.94. The number of H-pyrrole nitrogens is 1. The van der Waals surface area contributed by atoms with Crippen LogP contribution in [0.25, 0.3) is 22.3 Å². The molecule has 9 heteroatoms. The molecule has 0 aliphatic carbocycles. The van der Waals surface area contributed by atoms with Crippen molar-refractivity contribution in [3.05, 3.63) is 107 Å². The number of benzene rings is 2. The lowest BCUT2D eigenvalue weighted by atomic mass is 10.0. The van der Waals surface area contributed by atoms with E-state index >= 15 is 0 Å². The van der Waals surface area contributed by atoms with Gasteiger partial charge in [-0.2, -0.15) is 13.2 Å². The van der Waals surface area contributed by atoms with Gasteiger partial charge in [-0.3, -0.25) is 9.78 Å². The molecule has 0 unspecified atom stereocenters. The van der Waals surface area contributed by atoms with E-state index in [1.54, 1.807) is 24.5 Å². The monoisotopic (exact) mass is 487 g/mol. The Morgan fingerprint density at radius 2 is 1.81 bits per heavy atom. The quantitative estimate of drug-likeness (QED) is 0.310. The number of alkyl halides is 3. The maximum absolute atomic E-state index is 13.0. The van der Waals surface area contributed by atoms with Gasteiger partial charge in [-0.15, -0.1) is 0 Å².